The van der Waals surface area contributed by atoms with Crippen LogP contribution in [0.4, 0.5) is 10.1 Å². The second-order valence-electron chi connectivity index (χ2n) is 5.80. The van der Waals surface area contributed by atoms with Gasteiger partial charge in [-0.3, -0.25) is 4.98 Å². The summed E-state index contributed by atoms with van der Waals surface area (Å²) in [5.74, 6) is -0.340. The summed E-state index contributed by atoms with van der Waals surface area (Å²) < 4.78 is 15.7. The number of aromatic nitrogens is 4. The summed E-state index contributed by atoms with van der Waals surface area (Å²) in [5.41, 5.74) is 4.62. The lowest BCUT2D eigenvalue weighted by Gasteiger charge is -2.05. The van der Waals surface area contributed by atoms with Crippen LogP contribution in [0, 0.1) is 12.7 Å². The largest absolute Gasteiger partial charge is 0.388 e. The molecule has 0 saturated carbocycles. The predicted octanol–water partition coefficient (Wildman–Crippen LogP) is 3.97. The highest BCUT2D eigenvalue weighted by molar-refractivity contribution is 5.80. The van der Waals surface area contributed by atoms with E-state index in [-0.39, 0.29) is 5.82 Å². The monoisotopic (exact) mass is 333 g/mol. The first-order chi connectivity index (χ1) is 12.2. The average molecular weight is 333 g/mol. The van der Waals surface area contributed by atoms with Gasteiger partial charge in [-0.15, -0.1) is 5.10 Å². The minimum Gasteiger partial charge on any atom is -0.388 e. The molecule has 5 nitrogen and oxygen atoms in total. The molecule has 0 aliphatic carbocycles. The second-order valence-corrected chi connectivity index (χ2v) is 5.80. The van der Waals surface area contributed by atoms with Gasteiger partial charge < -0.3 is 5.32 Å². The molecule has 1 aromatic carbocycles. The van der Waals surface area contributed by atoms with Crippen molar-refractivity contribution in [2.75, 3.05) is 12.4 Å². The normalized spacial score (nSPS) is 11.0. The van der Waals surface area contributed by atoms with E-state index in [1.165, 1.54) is 10.7 Å². The van der Waals surface area contributed by atoms with E-state index in [1.54, 1.807) is 37.8 Å². The first-order valence-corrected chi connectivity index (χ1v) is 7.91. The minimum absolute atomic E-state index is 0.340. The molecular weight excluding hydrogens is 317 g/mol. The lowest BCUT2D eigenvalue weighted by Crippen LogP contribution is -2.00. The number of halogens is 1. The van der Waals surface area contributed by atoms with Crippen LogP contribution in [-0.4, -0.2) is 26.8 Å². The first kappa shape index (κ1) is 15.3. The smallest absolute Gasteiger partial charge is 0.181 e. The molecule has 0 unspecified atom stereocenters. The van der Waals surface area contributed by atoms with Crippen molar-refractivity contribution in [1.82, 2.24) is 19.7 Å². The maximum absolute atomic E-state index is 14.2. The van der Waals surface area contributed by atoms with Crippen LogP contribution in [0.5, 0.6) is 0 Å². The molecule has 6 heteroatoms. The van der Waals surface area contributed by atoms with Gasteiger partial charge in [-0.25, -0.2) is 14.1 Å². The molecule has 25 heavy (non-hydrogen) atoms. The van der Waals surface area contributed by atoms with E-state index in [9.17, 15) is 4.39 Å². The van der Waals surface area contributed by atoms with E-state index in [0.29, 0.717) is 11.3 Å². The summed E-state index contributed by atoms with van der Waals surface area (Å²) in [6.45, 7) is 2.01. The summed E-state index contributed by atoms with van der Waals surface area (Å²) in [6.07, 6.45) is 5.28. The summed E-state index contributed by atoms with van der Waals surface area (Å²) >= 11 is 0. The second kappa shape index (κ2) is 5.98. The molecule has 0 saturated heterocycles. The number of aryl methyl sites for hydroxylation is 1. The molecule has 4 rings (SSSR count). The minimum atomic E-state index is -0.340. The van der Waals surface area contributed by atoms with Crippen molar-refractivity contribution in [2.45, 2.75) is 6.92 Å². The lowest BCUT2D eigenvalue weighted by atomic mass is 10.1. The molecule has 0 spiro atoms. The van der Waals surface area contributed by atoms with E-state index < -0.39 is 0 Å². The lowest BCUT2D eigenvalue weighted by molar-refractivity contribution is 0.611. The van der Waals surface area contributed by atoms with Gasteiger partial charge in [-0.2, -0.15) is 0 Å². The maximum Gasteiger partial charge on any atom is 0.181 e. The quantitative estimate of drug-likeness (QED) is 0.616. The number of anilines is 1. The molecule has 0 fully saturated rings. The fourth-order valence-corrected chi connectivity index (χ4v) is 2.80. The van der Waals surface area contributed by atoms with Crippen LogP contribution in [0.3, 0.4) is 0 Å². The predicted molar refractivity (Wildman–Crippen MR) is 96.3 cm³/mol. The van der Waals surface area contributed by atoms with Crippen molar-refractivity contribution in [3.8, 4) is 16.9 Å². The third-order valence-electron chi connectivity index (χ3n) is 4.12. The molecule has 3 heterocycles. The van der Waals surface area contributed by atoms with Crippen molar-refractivity contribution in [1.29, 1.82) is 0 Å². The van der Waals surface area contributed by atoms with Gasteiger partial charge in [-0.05, 0) is 42.8 Å². The molecule has 0 atom stereocenters. The number of hydrogen-bond donors (Lipinski definition) is 1. The molecule has 0 radical (unpaired) electrons. The number of nitrogens with zero attached hydrogens (tertiary/aromatic N) is 4. The fraction of sp³-hybridized carbons (Fsp3) is 0.105. The Labute approximate surface area is 144 Å². The van der Waals surface area contributed by atoms with Crippen molar-refractivity contribution >= 4 is 16.7 Å². The van der Waals surface area contributed by atoms with Gasteiger partial charge in [0, 0.05) is 42.3 Å². The summed E-state index contributed by atoms with van der Waals surface area (Å²) in [4.78, 5) is 8.83. The molecule has 1 N–H and O–H groups in total. The van der Waals surface area contributed by atoms with E-state index in [1.807, 2.05) is 25.1 Å². The molecule has 0 amide bonds. The SMILES string of the molecule is CNc1ccc(F)c(-n2cc3cc(-c4ncccc4C)cnc3n2)c1. The van der Waals surface area contributed by atoms with E-state index in [0.717, 1.165) is 27.9 Å². The standard InChI is InChI=1S/C19H16FN5/c1-12-4-3-7-22-18(12)13-8-14-11-25(24-19(14)23-10-13)17-9-15(21-2)5-6-16(17)20/h3-11,21H,1-2H3. The number of fused-ring (bicyclic) bond motifs is 1. The van der Waals surface area contributed by atoms with Crippen LogP contribution < -0.4 is 5.32 Å². The third-order valence-corrected chi connectivity index (χ3v) is 4.12. The number of benzene rings is 1. The van der Waals surface area contributed by atoms with Gasteiger partial charge in [0.25, 0.3) is 0 Å². The zero-order chi connectivity index (χ0) is 17.4. The van der Waals surface area contributed by atoms with Crippen LogP contribution in [-0.2, 0) is 0 Å². The van der Waals surface area contributed by atoms with Gasteiger partial charge in [0.15, 0.2) is 5.65 Å². The fourth-order valence-electron chi connectivity index (χ4n) is 2.80. The van der Waals surface area contributed by atoms with Crippen molar-refractivity contribution < 1.29 is 4.39 Å². The van der Waals surface area contributed by atoms with Gasteiger partial charge in [0.05, 0.1) is 5.69 Å². The zero-order valence-corrected chi connectivity index (χ0v) is 13.9. The van der Waals surface area contributed by atoms with E-state index >= 15 is 0 Å². The Morgan fingerprint density at radius 1 is 1.12 bits per heavy atom. The highest BCUT2D eigenvalue weighted by Gasteiger charge is 2.11. The Balaban J connectivity index is 1.83. The van der Waals surface area contributed by atoms with Crippen LogP contribution in [0.2, 0.25) is 0 Å². The van der Waals surface area contributed by atoms with Crippen LogP contribution in [0.25, 0.3) is 28.0 Å². The Morgan fingerprint density at radius 3 is 2.80 bits per heavy atom. The topological polar surface area (TPSA) is 55.6 Å². The van der Waals surface area contributed by atoms with Crippen molar-refractivity contribution in [2.24, 2.45) is 0 Å². The van der Waals surface area contributed by atoms with Gasteiger partial charge in [-0.1, -0.05) is 6.07 Å². The van der Waals surface area contributed by atoms with Crippen LogP contribution in [0.1, 0.15) is 5.56 Å². The molecule has 0 aliphatic heterocycles. The Bertz CT molecular complexity index is 1070. The van der Waals surface area contributed by atoms with Crippen molar-refractivity contribution in [3.05, 3.63) is 66.4 Å². The molecule has 0 bridgehead atoms. The van der Waals surface area contributed by atoms with Crippen molar-refractivity contribution in [3.63, 3.8) is 0 Å². The summed E-state index contributed by atoms with van der Waals surface area (Å²) in [6, 6.07) is 10.7. The number of hydrogen-bond acceptors (Lipinski definition) is 4. The van der Waals surface area contributed by atoms with Gasteiger partial charge in [0.2, 0.25) is 0 Å². The highest BCUT2D eigenvalue weighted by Crippen LogP contribution is 2.25. The molecule has 124 valence electrons. The zero-order valence-electron chi connectivity index (χ0n) is 13.9. The molecule has 3 aromatic heterocycles. The summed E-state index contributed by atoms with van der Waals surface area (Å²) in [5, 5.41) is 8.23. The van der Waals surface area contributed by atoms with Gasteiger partial charge in [0.1, 0.15) is 11.5 Å². The Kier molecular flexibility index (Phi) is 3.65. The number of nitrogens with one attached hydrogen (secondary N) is 1. The molecule has 0 aliphatic rings. The number of rotatable bonds is 3. The highest BCUT2D eigenvalue weighted by atomic mass is 19.1. The first-order valence-electron chi connectivity index (χ1n) is 7.91. The number of pyridine rings is 2. The third kappa shape index (κ3) is 2.71. The van der Waals surface area contributed by atoms with Gasteiger partial charge >= 0.3 is 0 Å². The molecular formula is C19H16FN5. The summed E-state index contributed by atoms with van der Waals surface area (Å²) in [7, 11) is 1.79. The Morgan fingerprint density at radius 2 is 2.00 bits per heavy atom. The Hall–Kier alpha value is -3.28. The van der Waals surface area contributed by atoms with E-state index in [2.05, 4.69) is 20.4 Å². The average Bonchev–Trinajstić information content (AvgIpc) is 3.05. The maximum atomic E-state index is 14.2. The van der Waals surface area contributed by atoms with E-state index in [4.69, 9.17) is 0 Å². The van der Waals surface area contributed by atoms with Crippen LogP contribution in [0.15, 0.2) is 55.0 Å². The van der Waals surface area contributed by atoms with Crippen LogP contribution >= 0.6 is 0 Å². The molecule has 4 aromatic rings.